The zero-order valence-electron chi connectivity index (χ0n) is 14.4. The van der Waals surface area contributed by atoms with Crippen LogP contribution in [-0.2, 0) is 14.3 Å². The first-order valence-corrected chi connectivity index (χ1v) is 8.21. The van der Waals surface area contributed by atoms with Crippen molar-refractivity contribution in [3.8, 4) is 11.5 Å². The third-order valence-electron chi connectivity index (χ3n) is 4.74. The summed E-state index contributed by atoms with van der Waals surface area (Å²) in [6, 6.07) is 5.16. The Kier molecular flexibility index (Phi) is 4.65. The van der Waals surface area contributed by atoms with Gasteiger partial charge in [0.1, 0.15) is 17.1 Å². The third kappa shape index (κ3) is 3.45. The Balaban J connectivity index is 1.69. The van der Waals surface area contributed by atoms with Gasteiger partial charge < -0.3 is 19.1 Å². The first-order valence-electron chi connectivity index (χ1n) is 8.21. The zero-order valence-corrected chi connectivity index (χ0v) is 14.4. The highest BCUT2D eigenvalue weighted by atomic mass is 16.5. The van der Waals surface area contributed by atoms with Crippen molar-refractivity contribution in [2.75, 3.05) is 27.3 Å². The van der Waals surface area contributed by atoms with E-state index in [4.69, 9.17) is 9.47 Å². The Hall–Kier alpha value is -2.57. The predicted octanol–water partition coefficient (Wildman–Crippen LogP) is 1.58. The lowest BCUT2D eigenvalue weighted by atomic mass is 9.89. The van der Waals surface area contributed by atoms with E-state index < -0.39 is 11.6 Å². The molecule has 1 fully saturated rings. The van der Waals surface area contributed by atoms with E-state index in [1.165, 1.54) is 7.11 Å². The summed E-state index contributed by atoms with van der Waals surface area (Å²) in [5, 5.41) is 0. The zero-order chi connectivity index (χ0) is 18.0. The molecule has 1 saturated heterocycles. The summed E-state index contributed by atoms with van der Waals surface area (Å²) in [5.74, 6) is 0.593. The van der Waals surface area contributed by atoms with Crippen LogP contribution in [0.5, 0.6) is 11.5 Å². The summed E-state index contributed by atoms with van der Waals surface area (Å²) in [7, 11) is 2.84. The number of likely N-dealkylation sites (tertiary alicyclic amines) is 1. The van der Waals surface area contributed by atoms with Crippen LogP contribution in [0, 0.1) is 0 Å². The number of rotatable bonds is 4. The number of hydrogen-bond donors (Lipinski definition) is 0. The second kappa shape index (κ2) is 6.74. The van der Waals surface area contributed by atoms with E-state index in [1.54, 1.807) is 30.2 Å². The molecule has 0 aromatic heterocycles. The van der Waals surface area contributed by atoms with Crippen molar-refractivity contribution in [2.45, 2.75) is 31.3 Å². The standard InChI is InChI=1S/C18H21NO6/c1-23-12-3-4-15-13(9-12)14(20)10-18(25-15)7-8-19(11-18)16(21)5-6-17(22)24-2/h3-4,9H,5-8,10-11H2,1-2H3. The van der Waals surface area contributed by atoms with E-state index in [-0.39, 0.29) is 31.0 Å². The number of esters is 1. The number of fused-ring (bicyclic) bond motifs is 1. The van der Waals surface area contributed by atoms with Crippen LogP contribution in [0.1, 0.15) is 36.0 Å². The molecule has 1 aromatic carbocycles. The molecular weight excluding hydrogens is 326 g/mol. The van der Waals surface area contributed by atoms with Crippen molar-refractivity contribution < 1.29 is 28.6 Å². The predicted molar refractivity (Wildman–Crippen MR) is 87.7 cm³/mol. The Morgan fingerprint density at radius 1 is 1.28 bits per heavy atom. The van der Waals surface area contributed by atoms with Gasteiger partial charge in [-0.3, -0.25) is 14.4 Å². The van der Waals surface area contributed by atoms with E-state index in [0.717, 1.165) is 0 Å². The maximum Gasteiger partial charge on any atom is 0.306 e. The quantitative estimate of drug-likeness (QED) is 0.769. The molecule has 25 heavy (non-hydrogen) atoms. The van der Waals surface area contributed by atoms with Crippen LogP contribution in [0.15, 0.2) is 18.2 Å². The number of methoxy groups -OCH3 is 2. The number of carbonyl (C=O) groups excluding carboxylic acids is 3. The number of ether oxygens (including phenoxy) is 3. The van der Waals surface area contributed by atoms with E-state index in [0.29, 0.717) is 36.6 Å². The number of ketones is 1. The lowest BCUT2D eigenvalue weighted by Crippen LogP contribution is -2.45. The highest BCUT2D eigenvalue weighted by molar-refractivity contribution is 6.01. The van der Waals surface area contributed by atoms with Crippen molar-refractivity contribution in [2.24, 2.45) is 0 Å². The number of carbonyl (C=O) groups is 3. The second-order valence-corrected chi connectivity index (χ2v) is 6.39. The van der Waals surface area contributed by atoms with Gasteiger partial charge in [0.05, 0.1) is 39.2 Å². The van der Waals surface area contributed by atoms with Crippen molar-refractivity contribution in [1.29, 1.82) is 0 Å². The molecule has 7 heteroatoms. The van der Waals surface area contributed by atoms with Crippen molar-refractivity contribution in [1.82, 2.24) is 4.90 Å². The Morgan fingerprint density at radius 3 is 2.80 bits per heavy atom. The molecule has 0 saturated carbocycles. The van der Waals surface area contributed by atoms with E-state index >= 15 is 0 Å². The van der Waals surface area contributed by atoms with Gasteiger partial charge in [0.25, 0.3) is 0 Å². The fraction of sp³-hybridized carbons (Fsp3) is 0.500. The van der Waals surface area contributed by atoms with Crippen LogP contribution in [0.2, 0.25) is 0 Å². The Morgan fingerprint density at radius 2 is 2.08 bits per heavy atom. The smallest absolute Gasteiger partial charge is 0.306 e. The molecule has 1 aromatic rings. The van der Waals surface area contributed by atoms with Gasteiger partial charge >= 0.3 is 5.97 Å². The van der Waals surface area contributed by atoms with Gasteiger partial charge in [-0.1, -0.05) is 0 Å². The van der Waals surface area contributed by atoms with Crippen LogP contribution in [0.25, 0.3) is 0 Å². The summed E-state index contributed by atoms with van der Waals surface area (Å²) in [6.45, 7) is 0.864. The molecule has 1 unspecified atom stereocenters. The summed E-state index contributed by atoms with van der Waals surface area (Å²) < 4.78 is 15.8. The summed E-state index contributed by atoms with van der Waals surface area (Å²) >= 11 is 0. The van der Waals surface area contributed by atoms with Crippen LogP contribution in [0.3, 0.4) is 0 Å². The minimum Gasteiger partial charge on any atom is -0.497 e. The van der Waals surface area contributed by atoms with Crippen molar-refractivity contribution in [3.63, 3.8) is 0 Å². The molecule has 0 aliphatic carbocycles. The van der Waals surface area contributed by atoms with E-state index in [2.05, 4.69) is 4.74 Å². The number of nitrogens with zero attached hydrogens (tertiary/aromatic N) is 1. The fourth-order valence-electron chi connectivity index (χ4n) is 3.35. The van der Waals surface area contributed by atoms with Gasteiger partial charge in [-0.2, -0.15) is 0 Å². The van der Waals surface area contributed by atoms with Gasteiger partial charge in [-0.25, -0.2) is 0 Å². The third-order valence-corrected chi connectivity index (χ3v) is 4.74. The van der Waals surface area contributed by atoms with Crippen molar-refractivity contribution >= 4 is 17.7 Å². The maximum atomic E-state index is 12.5. The average molecular weight is 347 g/mol. The minimum absolute atomic E-state index is 0.0102. The first kappa shape index (κ1) is 17.3. The molecular formula is C18H21NO6. The maximum absolute atomic E-state index is 12.5. The van der Waals surface area contributed by atoms with Gasteiger partial charge in [0.2, 0.25) is 5.91 Å². The number of hydrogen-bond acceptors (Lipinski definition) is 6. The van der Waals surface area contributed by atoms with Gasteiger partial charge in [0.15, 0.2) is 5.78 Å². The number of Topliss-reactive ketones (excluding diaryl/α,β-unsaturated/α-hetero) is 1. The molecule has 2 aliphatic heterocycles. The Bertz CT molecular complexity index is 716. The summed E-state index contributed by atoms with van der Waals surface area (Å²) in [5.41, 5.74) is -0.167. The second-order valence-electron chi connectivity index (χ2n) is 6.39. The number of benzene rings is 1. The van der Waals surface area contributed by atoms with E-state index in [9.17, 15) is 14.4 Å². The molecule has 1 spiro atoms. The monoisotopic (exact) mass is 347 g/mol. The van der Waals surface area contributed by atoms with Gasteiger partial charge in [-0.15, -0.1) is 0 Å². The van der Waals surface area contributed by atoms with Crippen LogP contribution in [-0.4, -0.2) is 55.5 Å². The largest absolute Gasteiger partial charge is 0.497 e. The summed E-state index contributed by atoms with van der Waals surface area (Å²) in [6.07, 6.45) is 0.980. The molecule has 3 rings (SSSR count). The topological polar surface area (TPSA) is 82.1 Å². The van der Waals surface area contributed by atoms with Crippen LogP contribution >= 0.6 is 0 Å². The average Bonchev–Trinajstić information content (AvgIpc) is 3.02. The van der Waals surface area contributed by atoms with Gasteiger partial charge in [-0.05, 0) is 18.2 Å². The minimum atomic E-state index is -0.681. The lowest BCUT2D eigenvalue weighted by molar-refractivity contribution is -0.143. The van der Waals surface area contributed by atoms with Crippen molar-refractivity contribution in [3.05, 3.63) is 23.8 Å². The SMILES string of the molecule is COC(=O)CCC(=O)N1CCC2(CC(=O)c3cc(OC)ccc3O2)C1. The number of amides is 1. The van der Waals surface area contributed by atoms with Gasteiger partial charge in [0, 0.05) is 19.4 Å². The summed E-state index contributed by atoms with van der Waals surface area (Å²) in [4.78, 5) is 37.7. The molecule has 1 atom stereocenters. The molecule has 134 valence electrons. The highest BCUT2D eigenvalue weighted by Crippen LogP contribution is 2.40. The normalized spacial score (nSPS) is 21.7. The molecule has 0 N–H and O–H groups in total. The molecule has 0 radical (unpaired) electrons. The molecule has 7 nitrogen and oxygen atoms in total. The Labute approximate surface area is 145 Å². The lowest BCUT2D eigenvalue weighted by Gasteiger charge is -2.34. The van der Waals surface area contributed by atoms with Crippen LogP contribution < -0.4 is 9.47 Å². The molecule has 2 heterocycles. The molecule has 2 aliphatic rings. The fourth-order valence-corrected chi connectivity index (χ4v) is 3.35. The highest BCUT2D eigenvalue weighted by Gasteiger charge is 2.46. The first-order chi connectivity index (χ1) is 12.0. The van der Waals surface area contributed by atoms with E-state index in [1.807, 2.05) is 0 Å². The molecule has 1 amide bonds. The molecule has 0 bridgehead atoms. The van der Waals surface area contributed by atoms with Crippen LogP contribution in [0.4, 0.5) is 0 Å².